The molecule has 1 aromatic carbocycles. The van der Waals surface area contributed by atoms with Crippen molar-refractivity contribution in [1.29, 1.82) is 0 Å². The summed E-state index contributed by atoms with van der Waals surface area (Å²) in [5.74, 6) is 0. The summed E-state index contributed by atoms with van der Waals surface area (Å²) in [5.41, 5.74) is 1.09. The summed E-state index contributed by atoms with van der Waals surface area (Å²) in [6.07, 6.45) is 2.77. The fourth-order valence-electron chi connectivity index (χ4n) is 2.31. The summed E-state index contributed by atoms with van der Waals surface area (Å²) in [4.78, 5) is 19.1. The van der Waals surface area contributed by atoms with Gasteiger partial charge in [-0.15, -0.1) is 0 Å². The van der Waals surface area contributed by atoms with Crippen molar-refractivity contribution in [2.75, 3.05) is 18.4 Å². The predicted molar refractivity (Wildman–Crippen MR) is 83.4 cm³/mol. The van der Waals surface area contributed by atoms with E-state index in [1.165, 1.54) is 11.3 Å². The average Bonchev–Trinajstić information content (AvgIpc) is 2.97. The van der Waals surface area contributed by atoms with Crippen LogP contribution in [0.4, 0.5) is 9.93 Å². The number of piperidine rings is 1. The average molecular weight is 303 g/mol. The van der Waals surface area contributed by atoms with Crippen LogP contribution in [0.25, 0.3) is 10.4 Å². The van der Waals surface area contributed by atoms with E-state index in [4.69, 9.17) is 0 Å². The molecule has 0 bridgehead atoms. The summed E-state index contributed by atoms with van der Waals surface area (Å²) in [5, 5.41) is 12.9. The van der Waals surface area contributed by atoms with Gasteiger partial charge in [-0.1, -0.05) is 41.7 Å². The van der Waals surface area contributed by atoms with Gasteiger partial charge in [-0.25, -0.2) is 9.78 Å². The van der Waals surface area contributed by atoms with Crippen LogP contribution < -0.4 is 5.32 Å². The fourth-order valence-corrected chi connectivity index (χ4v) is 3.12. The summed E-state index contributed by atoms with van der Waals surface area (Å²) < 4.78 is 0. The van der Waals surface area contributed by atoms with Crippen LogP contribution in [0.15, 0.2) is 36.5 Å². The first-order valence-electron chi connectivity index (χ1n) is 6.97. The van der Waals surface area contributed by atoms with Gasteiger partial charge in [-0.05, 0) is 18.4 Å². The van der Waals surface area contributed by atoms with Crippen molar-refractivity contribution < 1.29 is 9.90 Å². The zero-order valence-electron chi connectivity index (χ0n) is 11.5. The highest BCUT2D eigenvalue weighted by Gasteiger charge is 2.21. The maximum atomic E-state index is 12.1. The number of amides is 2. The monoisotopic (exact) mass is 303 g/mol. The molecule has 1 aromatic heterocycles. The third kappa shape index (κ3) is 3.40. The summed E-state index contributed by atoms with van der Waals surface area (Å²) in [7, 11) is 0. The number of hydrogen-bond acceptors (Lipinski definition) is 4. The second kappa shape index (κ2) is 6.24. The molecule has 1 aliphatic heterocycles. The van der Waals surface area contributed by atoms with Crippen molar-refractivity contribution in [3.05, 3.63) is 36.5 Å². The number of nitrogens with zero attached hydrogens (tertiary/aromatic N) is 2. The number of benzene rings is 1. The molecule has 21 heavy (non-hydrogen) atoms. The Kier molecular flexibility index (Phi) is 4.17. The lowest BCUT2D eigenvalue weighted by Crippen LogP contribution is -2.42. The Balaban J connectivity index is 1.63. The van der Waals surface area contributed by atoms with Gasteiger partial charge in [-0.3, -0.25) is 5.32 Å². The van der Waals surface area contributed by atoms with Crippen LogP contribution in [0.5, 0.6) is 0 Å². The first-order valence-corrected chi connectivity index (χ1v) is 7.79. The molecule has 0 radical (unpaired) electrons. The molecule has 0 spiro atoms. The van der Waals surface area contributed by atoms with Crippen LogP contribution >= 0.6 is 11.3 Å². The maximum absolute atomic E-state index is 12.1. The standard InChI is InChI=1S/C15H17N3O2S/c19-12-6-8-18(9-7-12)15(20)17-14-16-10-13(21-14)11-4-2-1-3-5-11/h1-5,10,12,19H,6-9H2,(H,16,17,20). The van der Waals surface area contributed by atoms with Gasteiger partial charge in [-0.2, -0.15) is 0 Å². The SMILES string of the molecule is O=C(Nc1ncc(-c2ccccc2)s1)N1CCC(O)CC1. The van der Waals surface area contributed by atoms with Crippen LogP contribution in [-0.2, 0) is 0 Å². The van der Waals surface area contributed by atoms with Gasteiger partial charge < -0.3 is 10.0 Å². The van der Waals surface area contributed by atoms with Crippen LogP contribution in [0.3, 0.4) is 0 Å². The molecule has 0 atom stereocenters. The largest absolute Gasteiger partial charge is 0.393 e. The highest BCUT2D eigenvalue weighted by atomic mass is 32.1. The molecule has 0 saturated carbocycles. The Bertz CT molecular complexity index is 606. The molecular weight excluding hydrogens is 286 g/mol. The van der Waals surface area contributed by atoms with Crippen LogP contribution in [0.2, 0.25) is 0 Å². The molecule has 0 aliphatic carbocycles. The summed E-state index contributed by atoms with van der Waals surface area (Å²) in [6.45, 7) is 1.17. The Labute approximate surface area is 127 Å². The van der Waals surface area contributed by atoms with Gasteiger partial charge >= 0.3 is 6.03 Å². The fraction of sp³-hybridized carbons (Fsp3) is 0.333. The van der Waals surface area contributed by atoms with Crippen molar-refractivity contribution in [2.45, 2.75) is 18.9 Å². The number of rotatable bonds is 2. The topological polar surface area (TPSA) is 65.5 Å². The molecule has 1 fully saturated rings. The predicted octanol–water partition coefficient (Wildman–Crippen LogP) is 2.80. The van der Waals surface area contributed by atoms with E-state index in [9.17, 15) is 9.90 Å². The third-order valence-corrected chi connectivity index (χ3v) is 4.49. The third-order valence-electron chi connectivity index (χ3n) is 3.53. The smallest absolute Gasteiger partial charge is 0.323 e. The van der Waals surface area contributed by atoms with Crippen molar-refractivity contribution >= 4 is 22.5 Å². The van der Waals surface area contributed by atoms with E-state index in [0.29, 0.717) is 31.1 Å². The number of hydrogen-bond donors (Lipinski definition) is 2. The second-order valence-electron chi connectivity index (χ2n) is 5.04. The number of aromatic nitrogens is 1. The molecule has 1 saturated heterocycles. The Morgan fingerprint density at radius 3 is 2.71 bits per heavy atom. The van der Waals surface area contributed by atoms with Crippen molar-refractivity contribution in [2.24, 2.45) is 0 Å². The molecule has 3 rings (SSSR count). The first-order chi connectivity index (χ1) is 10.2. The number of thiazole rings is 1. The van der Waals surface area contributed by atoms with Crippen LogP contribution in [0.1, 0.15) is 12.8 Å². The zero-order chi connectivity index (χ0) is 14.7. The molecule has 2 N–H and O–H groups in total. The van der Waals surface area contributed by atoms with Crippen molar-refractivity contribution in [3.63, 3.8) is 0 Å². The normalized spacial score (nSPS) is 16.0. The van der Waals surface area contributed by atoms with Gasteiger partial charge in [0.2, 0.25) is 0 Å². The molecule has 2 heterocycles. The maximum Gasteiger partial charge on any atom is 0.323 e. The van der Waals surface area contributed by atoms with Gasteiger partial charge in [0.15, 0.2) is 5.13 Å². The summed E-state index contributed by atoms with van der Waals surface area (Å²) in [6, 6.07) is 9.82. The number of nitrogens with one attached hydrogen (secondary N) is 1. The number of carbonyl (C=O) groups is 1. The molecule has 5 nitrogen and oxygen atoms in total. The minimum absolute atomic E-state index is 0.143. The number of anilines is 1. The molecule has 6 heteroatoms. The number of aliphatic hydroxyl groups is 1. The Hall–Kier alpha value is -1.92. The Morgan fingerprint density at radius 2 is 2.00 bits per heavy atom. The minimum atomic E-state index is -0.279. The van der Waals surface area contributed by atoms with Gasteiger partial charge in [0.25, 0.3) is 0 Å². The van der Waals surface area contributed by atoms with Gasteiger partial charge in [0.1, 0.15) is 0 Å². The lowest BCUT2D eigenvalue weighted by molar-refractivity contribution is 0.0972. The quantitative estimate of drug-likeness (QED) is 0.896. The zero-order valence-corrected chi connectivity index (χ0v) is 12.3. The van der Waals surface area contributed by atoms with E-state index in [2.05, 4.69) is 10.3 Å². The number of aliphatic hydroxyl groups excluding tert-OH is 1. The van der Waals surface area contributed by atoms with E-state index in [0.717, 1.165) is 10.4 Å². The van der Waals surface area contributed by atoms with Gasteiger partial charge in [0.05, 0.1) is 11.0 Å². The van der Waals surface area contributed by atoms with E-state index in [1.54, 1.807) is 11.1 Å². The first kappa shape index (κ1) is 14.0. The van der Waals surface area contributed by atoms with Crippen LogP contribution in [-0.4, -0.2) is 40.2 Å². The molecular formula is C15H17N3O2S. The van der Waals surface area contributed by atoms with Crippen molar-refractivity contribution in [1.82, 2.24) is 9.88 Å². The molecule has 2 aromatic rings. The number of likely N-dealkylation sites (tertiary alicyclic amines) is 1. The summed E-state index contributed by atoms with van der Waals surface area (Å²) >= 11 is 1.46. The lowest BCUT2D eigenvalue weighted by atomic mass is 10.1. The minimum Gasteiger partial charge on any atom is -0.393 e. The highest BCUT2D eigenvalue weighted by Crippen LogP contribution is 2.28. The highest BCUT2D eigenvalue weighted by molar-refractivity contribution is 7.19. The molecule has 2 amide bonds. The van der Waals surface area contributed by atoms with E-state index in [-0.39, 0.29) is 12.1 Å². The Morgan fingerprint density at radius 1 is 1.29 bits per heavy atom. The molecule has 110 valence electrons. The van der Waals surface area contributed by atoms with Crippen LogP contribution in [0, 0.1) is 0 Å². The van der Waals surface area contributed by atoms with E-state index < -0.39 is 0 Å². The molecule has 0 unspecified atom stereocenters. The van der Waals surface area contributed by atoms with E-state index >= 15 is 0 Å². The number of carbonyl (C=O) groups excluding carboxylic acids is 1. The second-order valence-corrected chi connectivity index (χ2v) is 6.07. The van der Waals surface area contributed by atoms with Gasteiger partial charge in [0, 0.05) is 19.3 Å². The van der Waals surface area contributed by atoms with Crippen molar-refractivity contribution in [3.8, 4) is 10.4 Å². The van der Waals surface area contributed by atoms with E-state index in [1.807, 2.05) is 30.3 Å². The lowest BCUT2D eigenvalue weighted by Gasteiger charge is -2.29. The molecule has 1 aliphatic rings. The number of urea groups is 1.